The number of nitrogens with one attached hydrogen (secondary N) is 2. The van der Waals surface area contributed by atoms with E-state index in [0.29, 0.717) is 19.6 Å². The zero-order valence-electron chi connectivity index (χ0n) is 18.9. The molecule has 0 aromatic heterocycles. The third-order valence-electron chi connectivity index (χ3n) is 5.60. The largest absolute Gasteiger partial charge is 0.378 e. The number of hydrogen-bond donors (Lipinski definition) is 2. The Bertz CT molecular complexity index is 895. The Morgan fingerprint density at radius 2 is 1.65 bits per heavy atom. The second-order valence-electron chi connectivity index (χ2n) is 8.34. The van der Waals surface area contributed by atoms with Crippen molar-refractivity contribution in [2.24, 2.45) is 0 Å². The lowest BCUT2D eigenvalue weighted by Gasteiger charge is -2.31. The number of fused-ring (bicyclic) bond motifs is 1. The molecule has 166 valence electrons. The van der Waals surface area contributed by atoms with Crippen molar-refractivity contribution in [2.75, 3.05) is 64.2 Å². The number of nitrogens with zero attached hydrogens (tertiary/aromatic N) is 3. The summed E-state index contributed by atoms with van der Waals surface area (Å²) in [6.45, 7) is 2.36. The van der Waals surface area contributed by atoms with Gasteiger partial charge in [-0.05, 0) is 49.8 Å². The first-order valence-corrected chi connectivity index (χ1v) is 10.7. The van der Waals surface area contributed by atoms with Gasteiger partial charge in [-0.15, -0.1) is 0 Å². The van der Waals surface area contributed by atoms with Crippen LogP contribution < -0.4 is 20.4 Å². The summed E-state index contributed by atoms with van der Waals surface area (Å²) in [7, 11) is 7.87. The molecule has 1 aliphatic heterocycles. The molecule has 1 aliphatic rings. The Morgan fingerprint density at radius 1 is 0.968 bits per heavy atom. The van der Waals surface area contributed by atoms with Crippen molar-refractivity contribution < 1.29 is 9.59 Å². The Hall–Kier alpha value is -3.06. The maximum atomic E-state index is 12.4. The summed E-state index contributed by atoms with van der Waals surface area (Å²) in [6, 6.07) is 16.7. The number of rotatable bonds is 8. The molecule has 0 fully saturated rings. The van der Waals surface area contributed by atoms with Crippen LogP contribution in [0.3, 0.4) is 0 Å². The first-order valence-electron chi connectivity index (χ1n) is 10.7. The number of likely N-dealkylation sites (N-methyl/N-ethyl adjacent to an activating group) is 1. The van der Waals surface area contributed by atoms with E-state index in [4.69, 9.17) is 0 Å². The van der Waals surface area contributed by atoms with E-state index in [1.807, 2.05) is 39.2 Å². The lowest BCUT2D eigenvalue weighted by molar-refractivity contribution is -0.139. The van der Waals surface area contributed by atoms with E-state index in [1.165, 1.54) is 11.3 Å². The van der Waals surface area contributed by atoms with Crippen molar-refractivity contribution in [2.45, 2.75) is 12.5 Å². The molecule has 2 N–H and O–H groups in total. The molecule has 7 heteroatoms. The van der Waals surface area contributed by atoms with Crippen molar-refractivity contribution in [3.05, 3.63) is 59.7 Å². The summed E-state index contributed by atoms with van der Waals surface area (Å²) in [6.07, 6.45) is 0.974. The molecule has 31 heavy (non-hydrogen) atoms. The predicted molar refractivity (Wildman–Crippen MR) is 126 cm³/mol. The normalized spacial score (nSPS) is 13.6. The van der Waals surface area contributed by atoms with Crippen molar-refractivity contribution >= 4 is 23.2 Å². The fraction of sp³-hybridized carbons (Fsp3) is 0.417. The molecule has 0 aliphatic carbocycles. The van der Waals surface area contributed by atoms with Gasteiger partial charge in [0, 0.05) is 51.6 Å². The van der Waals surface area contributed by atoms with Crippen LogP contribution in [0.25, 0.3) is 0 Å². The molecule has 3 rings (SSSR count). The number of anilines is 2. The standard InChI is InChI=1S/C24H33N5O2/c1-27(2)16-14-25-23(30)24(31)26-17-22(19-9-11-20(12-10-19)28(3)4)29-15-13-18-7-5-6-8-21(18)29/h5-12,22H,13-17H2,1-4H3,(H,25,30)(H,26,31)/t22-/m1/s1. The number of carbonyl (C=O) groups excluding carboxylic acids is 2. The second-order valence-corrected chi connectivity index (χ2v) is 8.34. The van der Waals surface area contributed by atoms with Gasteiger partial charge < -0.3 is 25.3 Å². The molecule has 0 bridgehead atoms. The summed E-state index contributed by atoms with van der Waals surface area (Å²) in [5.41, 5.74) is 4.73. The Morgan fingerprint density at radius 3 is 2.32 bits per heavy atom. The van der Waals surface area contributed by atoms with Gasteiger partial charge in [0.15, 0.2) is 0 Å². The molecule has 0 unspecified atom stereocenters. The zero-order chi connectivity index (χ0) is 22.4. The molecular formula is C24H33N5O2. The van der Waals surface area contributed by atoms with Crippen molar-refractivity contribution in [3.63, 3.8) is 0 Å². The third-order valence-corrected chi connectivity index (χ3v) is 5.60. The van der Waals surface area contributed by atoms with Crippen LogP contribution in [0.2, 0.25) is 0 Å². The highest BCUT2D eigenvalue weighted by molar-refractivity contribution is 6.35. The van der Waals surface area contributed by atoms with E-state index in [-0.39, 0.29) is 6.04 Å². The van der Waals surface area contributed by atoms with Crippen molar-refractivity contribution in [1.29, 1.82) is 0 Å². The van der Waals surface area contributed by atoms with Gasteiger partial charge in [-0.1, -0.05) is 30.3 Å². The number of amides is 2. The summed E-state index contributed by atoms with van der Waals surface area (Å²) < 4.78 is 0. The molecule has 0 radical (unpaired) electrons. The molecule has 0 saturated heterocycles. The topological polar surface area (TPSA) is 67.9 Å². The van der Waals surface area contributed by atoms with E-state index >= 15 is 0 Å². The van der Waals surface area contributed by atoms with E-state index in [2.05, 4.69) is 62.9 Å². The average molecular weight is 424 g/mol. The van der Waals surface area contributed by atoms with E-state index in [0.717, 1.165) is 24.2 Å². The number of hydrogen-bond acceptors (Lipinski definition) is 5. The second kappa shape index (κ2) is 10.3. The quantitative estimate of drug-likeness (QED) is 0.632. The third kappa shape index (κ3) is 5.76. The fourth-order valence-corrected chi connectivity index (χ4v) is 3.83. The Balaban J connectivity index is 1.74. The molecule has 1 heterocycles. The zero-order valence-corrected chi connectivity index (χ0v) is 18.9. The highest BCUT2D eigenvalue weighted by Gasteiger charge is 2.28. The lowest BCUT2D eigenvalue weighted by atomic mass is 10.0. The molecule has 7 nitrogen and oxygen atoms in total. The molecule has 2 aromatic rings. The average Bonchev–Trinajstić information content (AvgIpc) is 3.18. The SMILES string of the molecule is CN(C)CCNC(=O)C(=O)NC[C@H](c1ccc(N(C)C)cc1)N1CCc2ccccc21. The summed E-state index contributed by atoms with van der Waals surface area (Å²) in [4.78, 5) is 30.9. The molecule has 1 atom stereocenters. The van der Waals surface area contributed by atoms with Crippen LogP contribution in [-0.4, -0.2) is 71.1 Å². The summed E-state index contributed by atoms with van der Waals surface area (Å²) in [5.74, 6) is -1.19. The molecule has 2 amide bonds. The molecule has 0 saturated carbocycles. The van der Waals surface area contributed by atoms with Crippen LogP contribution in [0.5, 0.6) is 0 Å². The highest BCUT2D eigenvalue weighted by atomic mass is 16.2. The van der Waals surface area contributed by atoms with Gasteiger partial charge in [0.2, 0.25) is 0 Å². The molecular weight excluding hydrogens is 390 g/mol. The highest BCUT2D eigenvalue weighted by Crippen LogP contribution is 2.35. The van der Waals surface area contributed by atoms with E-state index in [1.54, 1.807) is 0 Å². The predicted octanol–water partition coefficient (Wildman–Crippen LogP) is 1.65. The van der Waals surface area contributed by atoms with E-state index < -0.39 is 11.8 Å². The van der Waals surface area contributed by atoms with Gasteiger partial charge in [-0.25, -0.2) is 0 Å². The minimum atomic E-state index is -0.596. The monoisotopic (exact) mass is 423 g/mol. The molecule has 0 spiro atoms. The van der Waals surface area contributed by atoms with Crippen LogP contribution in [-0.2, 0) is 16.0 Å². The lowest BCUT2D eigenvalue weighted by Crippen LogP contribution is -2.45. The van der Waals surface area contributed by atoms with Crippen molar-refractivity contribution in [3.8, 4) is 0 Å². The van der Waals surface area contributed by atoms with Gasteiger partial charge in [0.1, 0.15) is 0 Å². The minimum Gasteiger partial charge on any atom is -0.378 e. The smallest absolute Gasteiger partial charge is 0.309 e. The van der Waals surface area contributed by atoms with Crippen LogP contribution in [0.1, 0.15) is 17.2 Å². The van der Waals surface area contributed by atoms with E-state index in [9.17, 15) is 9.59 Å². The van der Waals surface area contributed by atoms with Gasteiger partial charge in [-0.3, -0.25) is 9.59 Å². The summed E-state index contributed by atoms with van der Waals surface area (Å²) in [5, 5.41) is 5.52. The van der Waals surface area contributed by atoms with Crippen LogP contribution in [0, 0.1) is 0 Å². The maximum Gasteiger partial charge on any atom is 0.309 e. The minimum absolute atomic E-state index is 0.0570. The Labute approximate surface area is 185 Å². The van der Waals surface area contributed by atoms with Crippen molar-refractivity contribution in [1.82, 2.24) is 15.5 Å². The van der Waals surface area contributed by atoms with Crippen LogP contribution in [0.15, 0.2) is 48.5 Å². The van der Waals surface area contributed by atoms with Gasteiger partial charge in [0.25, 0.3) is 0 Å². The fourth-order valence-electron chi connectivity index (χ4n) is 3.83. The van der Waals surface area contributed by atoms with Gasteiger partial charge in [-0.2, -0.15) is 0 Å². The summed E-state index contributed by atoms with van der Waals surface area (Å²) >= 11 is 0. The number of para-hydroxylation sites is 1. The first-order chi connectivity index (χ1) is 14.9. The van der Waals surface area contributed by atoms with Gasteiger partial charge in [0.05, 0.1) is 6.04 Å². The van der Waals surface area contributed by atoms with Gasteiger partial charge >= 0.3 is 11.8 Å². The molecule has 2 aromatic carbocycles. The van der Waals surface area contributed by atoms with Crippen LogP contribution in [0.4, 0.5) is 11.4 Å². The number of carbonyl (C=O) groups is 2. The van der Waals surface area contributed by atoms with Crippen LogP contribution >= 0.6 is 0 Å². The Kier molecular flexibility index (Phi) is 7.52. The number of benzene rings is 2. The first kappa shape index (κ1) is 22.6. The maximum absolute atomic E-state index is 12.4.